The normalized spacial score (nSPS) is 14.1. The lowest BCUT2D eigenvalue weighted by molar-refractivity contribution is -0.708. The summed E-state index contributed by atoms with van der Waals surface area (Å²) >= 11 is 0. The molecular weight excluding hydrogens is 428 g/mol. The number of carbonyl (C=O) groups excluding carboxylic acids is 1. The van der Waals surface area contributed by atoms with E-state index in [1.165, 1.54) is 9.91 Å². The van der Waals surface area contributed by atoms with Gasteiger partial charge in [-0.05, 0) is 11.6 Å². The van der Waals surface area contributed by atoms with Gasteiger partial charge in [0.05, 0.1) is 34.0 Å². The Hall–Kier alpha value is -4.49. The molecule has 2 aromatic rings. The molecule has 0 N–H and O–H groups in total. The van der Waals surface area contributed by atoms with E-state index in [1.54, 1.807) is 0 Å². The highest BCUT2D eigenvalue weighted by Crippen LogP contribution is 2.31. The second-order valence-corrected chi connectivity index (χ2v) is 6.57. The van der Waals surface area contributed by atoms with Gasteiger partial charge in [-0.15, -0.1) is 5.01 Å². The minimum atomic E-state index is -0.882. The Kier molecular flexibility index (Phi) is 6.95. The Labute approximate surface area is 180 Å². The van der Waals surface area contributed by atoms with Crippen LogP contribution in [0.3, 0.4) is 0 Å². The Morgan fingerprint density at radius 2 is 1.66 bits per heavy atom. The molecule has 32 heavy (non-hydrogen) atoms. The summed E-state index contributed by atoms with van der Waals surface area (Å²) < 4.78 is 5.25. The van der Waals surface area contributed by atoms with Gasteiger partial charge in [-0.2, -0.15) is 0 Å². The molecule has 1 aliphatic heterocycles. The molecule has 0 radical (unpaired) electrons. The number of ether oxygens (including phenoxy) is 1. The molecule has 14 heteroatoms. The number of nitro benzene ring substituents is 2. The molecule has 0 atom stereocenters. The van der Waals surface area contributed by atoms with Gasteiger partial charge < -0.3 is 14.8 Å². The number of hydrogen-bond acceptors (Lipinski definition) is 9. The van der Waals surface area contributed by atoms with Gasteiger partial charge in [-0.1, -0.05) is 30.3 Å². The molecule has 0 saturated carbocycles. The first-order valence-corrected chi connectivity index (χ1v) is 9.33. The van der Waals surface area contributed by atoms with Crippen LogP contribution >= 0.6 is 0 Å². The summed E-state index contributed by atoms with van der Waals surface area (Å²) in [6.45, 7) is 0.766. The smallest absolute Gasteiger partial charge is 0.410 e. The van der Waals surface area contributed by atoms with Crippen molar-refractivity contribution < 1.29 is 29.2 Å². The van der Waals surface area contributed by atoms with Gasteiger partial charge in [0.1, 0.15) is 6.61 Å². The van der Waals surface area contributed by atoms with Gasteiger partial charge in [-0.25, -0.2) is 4.79 Å². The van der Waals surface area contributed by atoms with E-state index in [9.17, 15) is 30.2 Å². The van der Waals surface area contributed by atoms with Crippen LogP contribution in [0.5, 0.6) is 5.75 Å². The number of hydrazine groups is 1. The Balaban J connectivity index is 1.54. The van der Waals surface area contributed by atoms with Crippen LogP contribution in [-0.2, 0) is 11.3 Å². The zero-order valence-corrected chi connectivity index (χ0v) is 16.6. The fraction of sp³-hybridized carbons (Fsp3) is 0.278. The summed E-state index contributed by atoms with van der Waals surface area (Å²) in [4.78, 5) is 38.7. The molecule has 0 aromatic heterocycles. The highest BCUT2D eigenvalue weighted by atomic mass is 16.7. The first-order valence-electron chi connectivity index (χ1n) is 9.33. The number of nitro groups is 2. The molecule has 14 nitrogen and oxygen atoms in total. The number of nitrogens with zero attached hydrogens (tertiary/aromatic N) is 6. The van der Waals surface area contributed by atoms with Crippen LogP contribution in [0.2, 0.25) is 0 Å². The predicted octanol–water partition coefficient (Wildman–Crippen LogP) is 2.63. The van der Waals surface area contributed by atoms with E-state index < -0.39 is 33.1 Å². The summed E-state index contributed by atoms with van der Waals surface area (Å²) in [5.41, 5.74) is -0.359. The lowest BCUT2D eigenvalue weighted by atomic mass is 10.2. The third-order valence-electron chi connectivity index (χ3n) is 4.52. The number of rotatable bonds is 7. The van der Waals surface area contributed by atoms with Crippen molar-refractivity contribution in [3.63, 3.8) is 0 Å². The lowest BCUT2D eigenvalue weighted by Gasteiger charge is -2.30. The summed E-state index contributed by atoms with van der Waals surface area (Å²) in [5, 5.41) is 38.5. The quantitative estimate of drug-likeness (QED) is 0.269. The van der Waals surface area contributed by atoms with E-state index in [-0.39, 0.29) is 37.8 Å². The van der Waals surface area contributed by atoms with Gasteiger partial charge in [-0.3, -0.25) is 25.1 Å². The summed E-state index contributed by atoms with van der Waals surface area (Å²) in [7, 11) is 0. The Bertz CT molecular complexity index is 1020. The van der Waals surface area contributed by atoms with Crippen molar-refractivity contribution >= 4 is 17.5 Å². The first kappa shape index (κ1) is 22.2. The van der Waals surface area contributed by atoms with Crippen LogP contribution in [0, 0.1) is 25.4 Å². The number of non-ortho nitro benzene ring substituents is 1. The van der Waals surface area contributed by atoms with E-state index >= 15 is 0 Å². The molecule has 0 spiro atoms. The van der Waals surface area contributed by atoms with Crippen LogP contribution in [0.4, 0.5) is 16.2 Å². The van der Waals surface area contributed by atoms with Crippen LogP contribution in [0.15, 0.2) is 53.8 Å². The summed E-state index contributed by atoms with van der Waals surface area (Å²) in [6, 6.07) is 11.9. The fourth-order valence-electron chi connectivity index (χ4n) is 2.83. The second-order valence-electron chi connectivity index (χ2n) is 6.57. The van der Waals surface area contributed by atoms with Crippen LogP contribution in [0.25, 0.3) is 0 Å². The third-order valence-corrected chi connectivity index (χ3v) is 4.52. The van der Waals surface area contributed by atoms with Gasteiger partial charge in [0.15, 0.2) is 0 Å². The van der Waals surface area contributed by atoms with Crippen LogP contribution < -0.4 is 4.84 Å². The lowest BCUT2D eigenvalue weighted by Crippen LogP contribution is -2.50. The van der Waals surface area contributed by atoms with E-state index in [4.69, 9.17) is 9.57 Å². The van der Waals surface area contributed by atoms with Crippen molar-refractivity contribution in [2.24, 2.45) is 5.28 Å². The number of benzene rings is 2. The van der Waals surface area contributed by atoms with Gasteiger partial charge in [0, 0.05) is 19.2 Å². The molecule has 1 fully saturated rings. The van der Waals surface area contributed by atoms with Crippen molar-refractivity contribution in [3.05, 3.63) is 79.5 Å². The van der Waals surface area contributed by atoms with E-state index in [1.807, 2.05) is 30.3 Å². The molecule has 1 aliphatic rings. The van der Waals surface area contributed by atoms with Crippen LogP contribution in [-0.4, -0.2) is 57.0 Å². The highest BCUT2D eigenvalue weighted by Gasteiger charge is 2.27. The third kappa shape index (κ3) is 5.56. The maximum Gasteiger partial charge on any atom is 0.410 e. The average molecular weight is 446 g/mol. The van der Waals surface area contributed by atoms with E-state index in [0.717, 1.165) is 17.7 Å². The summed E-state index contributed by atoms with van der Waals surface area (Å²) in [6.07, 6.45) is -0.513. The average Bonchev–Trinajstić information content (AvgIpc) is 2.81. The largest absolute Gasteiger partial charge is 0.569 e. The minimum absolute atomic E-state index is 0.109. The SMILES string of the molecule is O=C(OCc1ccccc1)N1CCN(/[N+]([O-])=N\Oc2ccc([N+](=O)[O-])cc2[N+](=O)[O-])CC1. The molecule has 168 valence electrons. The molecule has 2 aromatic carbocycles. The van der Waals surface area contributed by atoms with Crippen molar-refractivity contribution in [3.8, 4) is 5.75 Å². The molecule has 0 aliphatic carbocycles. The molecule has 1 amide bonds. The van der Waals surface area contributed by atoms with Crippen molar-refractivity contribution in [2.45, 2.75) is 6.61 Å². The van der Waals surface area contributed by atoms with Crippen molar-refractivity contribution in [1.29, 1.82) is 0 Å². The first-order chi connectivity index (χ1) is 15.3. The van der Waals surface area contributed by atoms with Crippen molar-refractivity contribution in [2.75, 3.05) is 26.2 Å². The van der Waals surface area contributed by atoms with Gasteiger partial charge >= 0.3 is 11.8 Å². The molecule has 1 saturated heterocycles. The Morgan fingerprint density at radius 3 is 2.28 bits per heavy atom. The van der Waals surface area contributed by atoms with Crippen LogP contribution in [0.1, 0.15) is 5.56 Å². The molecule has 0 bridgehead atoms. The van der Waals surface area contributed by atoms with Crippen molar-refractivity contribution in [1.82, 2.24) is 9.91 Å². The number of carbonyl (C=O) groups is 1. The molecular formula is C18H18N6O8. The number of amides is 1. The maximum absolute atomic E-state index is 12.2. The van der Waals surface area contributed by atoms with E-state index in [0.29, 0.717) is 6.07 Å². The molecule has 3 rings (SSSR count). The second kappa shape index (κ2) is 10.0. The monoisotopic (exact) mass is 446 g/mol. The fourth-order valence-corrected chi connectivity index (χ4v) is 2.83. The molecule has 0 unspecified atom stereocenters. The summed E-state index contributed by atoms with van der Waals surface area (Å²) in [5.74, 6) is -0.426. The standard InChI is InChI=1S/C18H18N6O8/c25-18(31-13-14-4-2-1-3-5-14)20-8-10-21(11-9-20)24(30)19-32-17-7-6-15(22(26)27)12-16(17)23(28)29/h1-7,12H,8-11,13H2/b24-19+. The Morgan fingerprint density at radius 1 is 0.969 bits per heavy atom. The minimum Gasteiger partial charge on any atom is -0.569 e. The zero-order chi connectivity index (χ0) is 23.1. The maximum atomic E-state index is 12.2. The topological polar surface area (TPSA) is 167 Å². The van der Waals surface area contributed by atoms with E-state index in [2.05, 4.69) is 5.28 Å². The number of hydrogen-bond donors (Lipinski definition) is 0. The van der Waals surface area contributed by atoms with Gasteiger partial charge in [0.2, 0.25) is 11.0 Å². The zero-order valence-electron chi connectivity index (χ0n) is 16.6. The number of piperazine rings is 1. The van der Waals surface area contributed by atoms with Gasteiger partial charge in [0.25, 0.3) is 5.69 Å². The predicted molar refractivity (Wildman–Crippen MR) is 106 cm³/mol. The highest BCUT2D eigenvalue weighted by molar-refractivity contribution is 5.67. The molecule has 1 heterocycles.